The van der Waals surface area contributed by atoms with Gasteiger partial charge in [0.25, 0.3) is 5.91 Å². The zero-order chi connectivity index (χ0) is 17.9. The molecule has 26 heavy (non-hydrogen) atoms. The van der Waals surface area contributed by atoms with Crippen LogP contribution in [0.5, 0.6) is 5.88 Å². The summed E-state index contributed by atoms with van der Waals surface area (Å²) in [6, 6.07) is 18.7. The van der Waals surface area contributed by atoms with E-state index in [4.69, 9.17) is 4.74 Å². The fourth-order valence-corrected chi connectivity index (χ4v) is 2.66. The van der Waals surface area contributed by atoms with Gasteiger partial charge in [-0.3, -0.25) is 4.79 Å². The Hall–Kier alpha value is -3.67. The minimum atomic E-state index is -0.249. The van der Waals surface area contributed by atoms with Crippen molar-refractivity contribution in [2.24, 2.45) is 0 Å². The summed E-state index contributed by atoms with van der Waals surface area (Å²) < 4.78 is 6.99. The Morgan fingerprint density at radius 3 is 2.62 bits per heavy atom. The van der Waals surface area contributed by atoms with E-state index in [1.54, 1.807) is 19.4 Å². The molecule has 0 radical (unpaired) electrons. The minimum absolute atomic E-state index is 0.249. The largest absolute Gasteiger partial charge is 0.481 e. The van der Waals surface area contributed by atoms with Gasteiger partial charge in [-0.2, -0.15) is 0 Å². The maximum absolute atomic E-state index is 12.4. The lowest BCUT2D eigenvalue weighted by atomic mass is 10.2. The number of benzene rings is 1. The second-order valence-electron chi connectivity index (χ2n) is 5.69. The van der Waals surface area contributed by atoms with Crippen LogP contribution in [0.1, 0.15) is 10.5 Å². The van der Waals surface area contributed by atoms with Crippen molar-refractivity contribution in [3.8, 4) is 17.1 Å². The van der Waals surface area contributed by atoms with Gasteiger partial charge in [0.2, 0.25) is 5.88 Å². The van der Waals surface area contributed by atoms with Crippen molar-refractivity contribution in [3.05, 3.63) is 78.8 Å². The third-order valence-electron chi connectivity index (χ3n) is 3.94. The number of hydrogen-bond donors (Lipinski definition) is 1. The Kier molecular flexibility index (Phi) is 4.07. The number of hydrogen-bond acceptors (Lipinski definition) is 4. The number of ether oxygens (including phenoxy) is 1. The quantitative estimate of drug-likeness (QED) is 0.613. The molecule has 0 bridgehead atoms. The smallest absolute Gasteiger partial charge is 0.275 e. The van der Waals surface area contributed by atoms with Crippen LogP contribution < -0.4 is 10.1 Å². The van der Waals surface area contributed by atoms with Crippen molar-refractivity contribution in [1.82, 2.24) is 14.4 Å². The van der Waals surface area contributed by atoms with Crippen molar-refractivity contribution < 1.29 is 9.53 Å². The van der Waals surface area contributed by atoms with Gasteiger partial charge >= 0.3 is 0 Å². The van der Waals surface area contributed by atoms with Gasteiger partial charge < -0.3 is 14.5 Å². The second-order valence-corrected chi connectivity index (χ2v) is 5.69. The molecule has 4 aromatic rings. The van der Waals surface area contributed by atoms with E-state index >= 15 is 0 Å². The number of fused-ring (bicyclic) bond motifs is 1. The average Bonchev–Trinajstić information content (AvgIpc) is 3.12. The molecule has 3 aromatic heterocycles. The van der Waals surface area contributed by atoms with E-state index in [-0.39, 0.29) is 5.91 Å². The van der Waals surface area contributed by atoms with E-state index in [0.29, 0.717) is 17.2 Å². The Labute approximate surface area is 150 Å². The highest BCUT2D eigenvalue weighted by molar-refractivity contribution is 6.03. The summed E-state index contributed by atoms with van der Waals surface area (Å²) in [5.74, 6) is 0.303. The fraction of sp³-hybridized carbons (Fsp3) is 0.0500. The first-order valence-electron chi connectivity index (χ1n) is 8.09. The summed E-state index contributed by atoms with van der Waals surface area (Å²) in [7, 11) is 1.59. The molecule has 0 saturated carbocycles. The van der Waals surface area contributed by atoms with Crippen LogP contribution in [0.3, 0.4) is 0 Å². The highest BCUT2D eigenvalue weighted by atomic mass is 16.5. The minimum Gasteiger partial charge on any atom is -0.481 e. The molecule has 3 heterocycles. The molecule has 6 heteroatoms. The number of pyridine rings is 2. The van der Waals surface area contributed by atoms with E-state index in [0.717, 1.165) is 16.9 Å². The lowest BCUT2D eigenvalue weighted by Crippen LogP contribution is -2.11. The topological polar surface area (TPSA) is 68.5 Å². The second kappa shape index (κ2) is 6.68. The van der Waals surface area contributed by atoms with Gasteiger partial charge in [0.1, 0.15) is 11.3 Å². The molecule has 1 amide bonds. The predicted octanol–water partition coefficient (Wildman–Crippen LogP) is 3.66. The van der Waals surface area contributed by atoms with Gasteiger partial charge in [-0.05, 0) is 30.3 Å². The predicted molar refractivity (Wildman–Crippen MR) is 99.4 cm³/mol. The molecular weight excluding hydrogens is 328 g/mol. The van der Waals surface area contributed by atoms with Crippen LogP contribution in [0.4, 0.5) is 5.69 Å². The highest BCUT2D eigenvalue weighted by Gasteiger charge is 2.12. The first-order chi connectivity index (χ1) is 12.7. The van der Waals surface area contributed by atoms with Crippen LogP contribution >= 0.6 is 0 Å². The number of methoxy groups -OCH3 is 1. The molecule has 0 saturated heterocycles. The Bertz CT molecular complexity index is 1070. The zero-order valence-electron chi connectivity index (χ0n) is 14.1. The van der Waals surface area contributed by atoms with Gasteiger partial charge in [-0.15, -0.1) is 0 Å². The number of rotatable bonds is 4. The summed E-state index contributed by atoms with van der Waals surface area (Å²) in [5.41, 5.74) is 3.47. The number of imidazole rings is 1. The number of anilines is 1. The third-order valence-corrected chi connectivity index (χ3v) is 3.94. The Morgan fingerprint density at radius 2 is 1.81 bits per heavy atom. The molecule has 0 aliphatic heterocycles. The maximum atomic E-state index is 12.4. The van der Waals surface area contributed by atoms with Crippen molar-refractivity contribution >= 4 is 17.2 Å². The zero-order valence-corrected chi connectivity index (χ0v) is 14.1. The van der Waals surface area contributed by atoms with Crippen LogP contribution in [0.15, 0.2) is 73.1 Å². The summed E-state index contributed by atoms with van der Waals surface area (Å²) >= 11 is 0. The molecule has 0 aliphatic rings. The Balaban J connectivity index is 1.64. The van der Waals surface area contributed by atoms with E-state index in [1.807, 2.05) is 65.2 Å². The monoisotopic (exact) mass is 344 g/mol. The summed E-state index contributed by atoms with van der Waals surface area (Å²) in [5, 5.41) is 2.84. The van der Waals surface area contributed by atoms with Crippen LogP contribution in [-0.2, 0) is 0 Å². The molecule has 4 rings (SSSR count). The van der Waals surface area contributed by atoms with Crippen LogP contribution in [0.25, 0.3) is 16.9 Å². The van der Waals surface area contributed by atoms with Crippen molar-refractivity contribution in [2.45, 2.75) is 0 Å². The molecule has 0 spiro atoms. The van der Waals surface area contributed by atoms with Gasteiger partial charge in [-0.25, -0.2) is 9.97 Å². The molecule has 1 aromatic carbocycles. The number of carbonyl (C=O) groups is 1. The standard InChI is InChI=1S/C20H16N4O2/c1-26-19-9-5-8-16(23-19)14-10-11-18-22-17(13-24(18)12-14)20(25)21-15-6-3-2-4-7-15/h2-13H,1H3,(H,21,25). The number of carbonyl (C=O) groups excluding carboxylic acids is 1. The van der Waals surface area contributed by atoms with Gasteiger partial charge in [-0.1, -0.05) is 24.3 Å². The number of nitrogens with one attached hydrogen (secondary N) is 1. The van der Waals surface area contributed by atoms with Crippen LogP contribution in [0.2, 0.25) is 0 Å². The summed E-state index contributed by atoms with van der Waals surface area (Å²) in [6.07, 6.45) is 3.60. The third kappa shape index (κ3) is 3.12. The molecule has 128 valence electrons. The van der Waals surface area contributed by atoms with E-state index in [2.05, 4.69) is 15.3 Å². The van der Waals surface area contributed by atoms with Gasteiger partial charge in [0, 0.05) is 29.7 Å². The summed E-state index contributed by atoms with van der Waals surface area (Å²) in [4.78, 5) is 21.2. The number of amides is 1. The lowest BCUT2D eigenvalue weighted by molar-refractivity contribution is 0.102. The number of aromatic nitrogens is 3. The normalized spacial score (nSPS) is 10.7. The summed E-state index contributed by atoms with van der Waals surface area (Å²) in [6.45, 7) is 0. The molecule has 6 nitrogen and oxygen atoms in total. The maximum Gasteiger partial charge on any atom is 0.275 e. The first kappa shape index (κ1) is 15.8. The number of nitrogens with zero attached hydrogens (tertiary/aromatic N) is 3. The molecule has 0 aliphatic carbocycles. The SMILES string of the molecule is COc1cccc(-c2ccc3nc(C(=O)Nc4ccccc4)cn3c2)n1. The van der Waals surface area contributed by atoms with E-state index in [1.165, 1.54) is 0 Å². The van der Waals surface area contributed by atoms with E-state index < -0.39 is 0 Å². The first-order valence-corrected chi connectivity index (χ1v) is 8.09. The molecular formula is C20H16N4O2. The van der Waals surface area contributed by atoms with Crippen molar-refractivity contribution in [1.29, 1.82) is 0 Å². The molecule has 0 atom stereocenters. The molecule has 0 unspecified atom stereocenters. The van der Waals surface area contributed by atoms with Crippen LogP contribution in [-0.4, -0.2) is 27.4 Å². The lowest BCUT2D eigenvalue weighted by Gasteiger charge is -2.04. The number of para-hydroxylation sites is 1. The molecule has 1 N–H and O–H groups in total. The fourth-order valence-electron chi connectivity index (χ4n) is 2.66. The van der Waals surface area contributed by atoms with Crippen molar-refractivity contribution in [3.63, 3.8) is 0 Å². The van der Waals surface area contributed by atoms with Crippen molar-refractivity contribution in [2.75, 3.05) is 12.4 Å². The highest BCUT2D eigenvalue weighted by Crippen LogP contribution is 2.21. The van der Waals surface area contributed by atoms with E-state index in [9.17, 15) is 4.79 Å². The Morgan fingerprint density at radius 1 is 0.962 bits per heavy atom. The van der Waals surface area contributed by atoms with Crippen LogP contribution in [0, 0.1) is 0 Å². The van der Waals surface area contributed by atoms with Gasteiger partial charge in [0.05, 0.1) is 12.8 Å². The van der Waals surface area contributed by atoms with Gasteiger partial charge in [0.15, 0.2) is 0 Å². The molecule has 0 fully saturated rings. The average molecular weight is 344 g/mol.